The minimum Gasteiger partial charge on any atom is -0.497 e. The van der Waals surface area contributed by atoms with Gasteiger partial charge in [-0.15, -0.1) is 0 Å². The molecule has 1 unspecified atom stereocenters. The standard InChI is InChI=1S/C19H29N3O3/c1-13(2)17(19(24)20-15-9-11-22(3)12-10-15)21-18(23)14-5-7-16(25-4)8-6-14/h5-8,13,15,17H,9-12H2,1-4H3,(H,20,24)(H,21,23). The summed E-state index contributed by atoms with van der Waals surface area (Å²) in [4.78, 5) is 27.4. The molecule has 6 nitrogen and oxygen atoms in total. The molecule has 25 heavy (non-hydrogen) atoms. The summed E-state index contributed by atoms with van der Waals surface area (Å²) < 4.78 is 5.10. The zero-order valence-corrected chi connectivity index (χ0v) is 15.5. The summed E-state index contributed by atoms with van der Waals surface area (Å²) in [5.41, 5.74) is 0.513. The SMILES string of the molecule is COc1ccc(C(=O)NC(C(=O)NC2CCN(C)CC2)C(C)C)cc1. The molecule has 2 amide bonds. The fourth-order valence-electron chi connectivity index (χ4n) is 2.95. The molecule has 1 aromatic carbocycles. The number of nitrogens with zero attached hydrogens (tertiary/aromatic N) is 1. The number of ether oxygens (including phenoxy) is 1. The summed E-state index contributed by atoms with van der Waals surface area (Å²) in [6, 6.07) is 6.49. The molecule has 6 heteroatoms. The van der Waals surface area contributed by atoms with E-state index < -0.39 is 6.04 Å². The van der Waals surface area contributed by atoms with Crippen LogP contribution in [0, 0.1) is 5.92 Å². The number of hydrogen-bond acceptors (Lipinski definition) is 4. The third-order valence-corrected chi connectivity index (χ3v) is 4.65. The lowest BCUT2D eigenvalue weighted by Crippen LogP contribution is -2.53. The molecule has 1 aliphatic rings. The van der Waals surface area contributed by atoms with Gasteiger partial charge < -0.3 is 20.3 Å². The first-order valence-electron chi connectivity index (χ1n) is 8.84. The van der Waals surface area contributed by atoms with Crippen LogP contribution < -0.4 is 15.4 Å². The van der Waals surface area contributed by atoms with E-state index in [1.54, 1.807) is 31.4 Å². The van der Waals surface area contributed by atoms with Crippen molar-refractivity contribution in [3.05, 3.63) is 29.8 Å². The molecule has 0 saturated carbocycles. The number of nitrogens with one attached hydrogen (secondary N) is 2. The Labute approximate surface area is 149 Å². The molecule has 1 aliphatic heterocycles. The Bertz CT molecular complexity index is 578. The number of rotatable bonds is 6. The van der Waals surface area contributed by atoms with Crippen molar-refractivity contribution in [2.24, 2.45) is 5.92 Å². The number of methoxy groups -OCH3 is 1. The van der Waals surface area contributed by atoms with Gasteiger partial charge in [0.25, 0.3) is 5.91 Å². The molecule has 138 valence electrons. The molecular weight excluding hydrogens is 318 g/mol. The third-order valence-electron chi connectivity index (χ3n) is 4.65. The molecule has 1 aromatic rings. The molecule has 0 aliphatic carbocycles. The van der Waals surface area contributed by atoms with E-state index >= 15 is 0 Å². The maximum atomic E-state index is 12.6. The Kier molecular flexibility index (Phi) is 6.82. The van der Waals surface area contributed by atoms with Crippen LogP contribution in [0.5, 0.6) is 5.75 Å². The summed E-state index contributed by atoms with van der Waals surface area (Å²) in [7, 11) is 3.67. The average Bonchev–Trinajstić information content (AvgIpc) is 2.61. The first-order valence-corrected chi connectivity index (χ1v) is 8.84. The highest BCUT2D eigenvalue weighted by Crippen LogP contribution is 2.13. The number of hydrogen-bond donors (Lipinski definition) is 2. The molecular formula is C19H29N3O3. The van der Waals surface area contributed by atoms with Crippen molar-refractivity contribution >= 4 is 11.8 Å². The molecule has 2 rings (SSSR count). The van der Waals surface area contributed by atoms with Gasteiger partial charge in [-0.05, 0) is 63.2 Å². The second-order valence-corrected chi connectivity index (χ2v) is 7.01. The van der Waals surface area contributed by atoms with Crippen molar-refractivity contribution in [2.45, 2.75) is 38.8 Å². The summed E-state index contributed by atoms with van der Waals surface area (Å²) in [5.74, 6) is 0.344. The summed E-state index contributed by atoms with van der Waals surface area (Å²) in [6.07, 6.45) is 1.89. The van der Waals surface area contributed by atoms with Gasteiger partial charge in [0, 0.05) is 11.6 Å². The van der Waals surface area contributed by atoms with Gasteiger partial charge in [-0.3, -0.25) is 9.59 Å². The van der Waals surface area contributed by atoms with Gasteiger partial charge in [-0.2, -0.15) is 0 Å². The van der Waals surface area contributed by atoms with Gasteiger partial charge in [0.2, 0.25) is 5.91 Å². The lowest BCUT2D eigenvalue weighted by molar-refractivity contribution is -0.125. The monoisotopic (exact) mass is 347 g/mol. The lowest BCUT2D eigenvalue weighted by Gasteiger charge is -2.31. The molecule has 1 heterocycles. The normalized spacial score (nSPS) is 17.2. The molecule has 2 N–H and O–H groups in total. The zero-order valence-electron chi connectivity index (χ0n) is 15.5. The Hall–Kier alpha value is -2.08. The van der Waals surface area contributed by atoms with Crippen LogP contribution in [-0.4, -0.2) is 56.0 Å². The van der Waals surface area contributed by atoms with Crippen LogP contribution in [0.3, 0.4) is 0 Å². The van der Waals surface area contributed by atoms with Gasteiger partial charge in [-0.25, -0.2) is 0 Å². The maximum absolute atomic E-state index is 12.6. The van der Waals surface area contributed by atoms with Crippen molar-refractivity contribution in [2.75, 3.05) is 27.2 Å². The highest BCUT2D eigenvalue weighted by molar-refractivity contribution is 5.97. The van der Waals surface area contributed by atoms with Crippen LogP contribution in [0.15, 0.2) is 24.3 Å². The number of benzene rings is 1. The van der Waals surface area contributed by atoms with Crippen molar-refractivity contribution in [3.8, 4) is 5.75 Å². The second kappa shape index (κ2) is 8.85. The van der Waals surface area contributed by atoms with Crippen LogP contribution in [0.1, 0.15) is 37.0 Å². The maximum Gasteiger partial charge on any atom is 0.251 e. The van der Waals surface area contributed by atoms with Crippen molar-refractivity contribution < 1.29 is 14.3 Å². The van der Waals surface area contributed by atoms with Crippen molar-refractivity contribution in [3.63, 3.8) is 0 Å². The fourth-order valence-corrected chi connectivity index (χ4v) is 2.95. The van der Waals surface area contributed by atoms with Gasteiger partial charge in [0.15, 0.2) is 0 Å². The van der Waals surface area contributed by atoms with E-state index in [1.807, 2.05) is 13.8 Å². The highest BCUT2D eigenvalue weighted by atomic mass is 16.5. The zero-order chi connectivity index (χ0) is 18.4. The Balaban J connectivity index is 1.96. The molecule has 0 spiro atoms. The highest BCUT2D eigenvalue weighted by Gasteiger charge is 2.27. The van der Waals surface area contributed by atoms with Crippen LogP contribution in [0.4, 0.5) is 0 Å². The van der Waals surface area contributed by atoms with E-state index in [9.17, 15) is 9.59 Å². The number of carbonyl (C=O) groups excluding carboxylic acids is 2. The minimum atomic E-state index is -0.547. The summed E-state index contributed by atoms with van der Waals surface area (Å²) in [6.45, 7) is 5.84. The van der Waals surface area contributed by atoms with Gasteiger partial charge in [-0.1, -0.05) is 13.8 Å². The first-order chi connectivity index (χ1) is 11.9. The molecule has 0 radical (unpaired) electrons. The van der Waals surface area contributed by atoms with E-state index in [0.717, 1.165) is 25.9 Å². The fraction of sp³-hybridized carbons (Fsp3) is 0.579. The molecule has 0 aromatic heterocycles. The largest absolute Gasteiger partial charge is 0.497 e. The molecule has 1 fully saturated rings. The quantitative estimate of drug-likeness (QED) is 0.821. The van der Waals surface area contributed by atoms with Gasteiger partial charge >= 0.3 is 0 Å². The topological polar surface area (TPSA) is 70.7 Å². The Morgan fingerprint density at radius 1 is 1.16 bits per heavy atom. The van der Waals surface area contributed by atoms with Crippen LogP contribution in [0.25, 0.3) is 0 Å². The van der Waals surface area contributed by atoms with E-state index in [-0.39, 0.29) is 23.8 Å². The number of amides is 2. The Morgan fingerprint density at radius 2 is 1.76 bits per heavy atom. The van der Waals surface area contributed by atoms with E-state index in [0.29, 0.717) is 11.3 Å². The third kappa shape index (κ3) is 5.46. The smallest absolute Gasteiger partial charge is 0.251 e. The molecule has 0 bridgehead atoms. The Morgan fingerprint density at radius 3 is 2.28 bits per heavy atom. The predicted molar refractivity (Wildman–Crippen MR) is 97.7 cm³/mol. The summed E-state index contributed by atoms with van der Waals surface area (Å²) >= 11 is 0. The number of likely N-dealkylation sites (tertiary alicyclic amines) is 1. The van der Waals surface area contributed by atoms with E-state index in [4.69, 9.17) is 4.74 Å². The lowest BCUT2D eigenvalue weighted by atomic mass is 10.0. The van der Waals surface area contributed by atoms with Crippen LogP contribution in [-0.2, 0) is 4.79 Å². The second-order valence-electron chi connectivity index (χ2n) is 7.01. The average molecular weight is 347 g/mol. The van der Waals surface area contributed by atoms with Crippen LogP contribution >= 0.6 is 0 Å². The van der Waals surface area contributed by atoms with E-state index in [2.05, 4.69) is 22.6 Å². The number of piperidine rings is 1. The molecule has 1 atom stereocenters. The van der Waals surface area contributed by atoms with Crippen molar-refractivity contribution in [1.29, 1.82) is 0 Å². The molecule has 1 saturated heterocycles. The number of carbonyl (C=O) groups is 2. The predicted octanol–water partition coefficient (Wildman–Crippen LogP) is 1.66. The first kappa shape index (κ1) is 19.2. The van der Waals surface area contributed by atoms with E-state index in [1.165, 1.54) is 0 Å². The van der Waals surface area contributed by atoms with Gasteiger partial charge in [0.05, 0.1) is 7.11 Å². The van der Waals surface area contributed by atoms with Gasteiger partial charge in [0.1, 0.15) is 11.8 Å². The van der Waals surface area contributed by atoms with Crippen LogP contribution in [0.2, 0.25) is 0 Å². The summed E-state index contributed by atoms with van der Waals surface area (Å²) in [5, 5.41) is 5.96. The minimum absolute atomic E-state index is 0.00784. The van der Waals surface area contributed by atoms with Crippen molar-refractivity contribution in [1.82, 2.24) is 15.5 Å².